The fourth-order valence-corrected chi connectivity index (χ4v) is 9.51. The molecule has 1 heterocycles. The van der Waals surface area contributed by atoms with E-state index >= 15 is 0 Å². The van der Waals surface area contributed by atoms with Gasteiger partial charge in [-0.1, -0.05) is 13.3 Å². The maximum absolute atomic E-state index is 12.9. The molecule has 516 valence electrons. The van der Waals surface area contributed by atoms with Crippen LogP contribution in [-0.4, -0.2) is 273 Å². The monoisotopic (exact) mass is 1290 g/mol. The number of rotatable bonds is 67. The van der Waals surface area contributed by atoms with Crippen LogP contribution in [0.5, 0.6) is 0 Å². The van der Waals surface area contributed by atoms with E-state index in [4.69, 9.17) is 56.8 Å². The third-order valence-electron chi connectivity index (χ3n) is 13.3. The fourth-order valence-electron chi connectivity index (χ4n) is 8.33. The van der Waals surface area contributed by atoms with Crippen LogP contribution in [-0.2, 0) is 100.0 Å². The van der Waals surface area contributed by atoms with Gasteiger partial charge in [0.2, 0.25) is 35.4 Å². The number of ketones is 3. The normalized spacial score (nSPS) is 13.8. The first-order valence-corrected chi connectivity index (χ1v) is 33.0. The van der Waals surface area contributed by atoms with Crippen LogP contribution in [0.3, 0.4) is 0 Å². The van der Waals surface area contributed by atoms with Crippen molar-refractivity contribution in [3.63, 3.8) is 0 Å². The van der Waals surface area contributed by atoms with Crippen LogP contribution >= 0.6 is 11.8 Å². The Morgan fingerprint density at radius 1 is 0.472 bits per heavy atom. The molecule has 5 N–H and O–H groups in total. The molecule has 28 heteroatoms. The Kier molecular flexibility index (Phi) is 56.0. The summed E-state index contributed by atoms with van der Waals surface area (Å²) in [4.78, 5) is 112. The summed E-state index contributed by atoms with van der Waals surface area (Å²) in [6.45, 7) is 14.8. The number of likely N-dealkylation sites (N-methyl/N-ethyl adjacent to an activating group) is 1. The molecule has 0 saturated carbocycles. The number of ether oxygens (including phenoxy) is 12. The number of carbonyl (C=O) groups is 9. The largest absolute Gasteiger partial charge is 0.379 e. The number of imide groups is 1. The Morgan fingerprint density at radius 2 is 0.933 bits per heavy atom. The number of nitrogens with one attached hydrogen (secondary N) is 5. The zero-order chi connectivity index (χ0) is 65.1. The Balaban J connectivity index is 1.80. The van der Waals surface area contributed by atoms with Gasteiger partial charge in [-0.25, -0.2) is 0 Å². The van der Waals surface area contributed by atoms with Crippen LogP contribution in [0.1, 0.15) is 123 Å². The lowest BCUT2D eigenvalue weighted by Gasteiger charge is -2.17. The minimum absolute atomic E-state index is 0.0421. The molecule has 89 heavy (non-hydrogen) atoms. The van der Waals surface area contributed by atoms with Crippen LogP contribution in [0.4, 0.5) is 0 Å². The molecular formula is C61H110N6O21S. The van der Waals surface area contributed by atoms with Crippen LogP contribution in [0, 0.1) is 0 Å². The van der Waals surface area contributed by atoms with Crippen molar-refractivity contribution < 1.29 is 100.0 Å². The zero-order valence-corrected chi connectivity index (χ0v) is 54.8. The average Bonchev–Trinajstić information content (AvgIpc) is 2.44. The molecule has 6 amide bonds. The lowest BCUT2D eigenvalue weighted by Crippen LogP contribution is -2.46. The first-order valence-electron chi connectivity index (χ1n) is 32.0. The summed E-state index contributed by atoms with van der Waals surface area (Å²) in [6.07, 6.45) is 7.57. The Labute approximate surface area is 532 Å². The molecule has 0 bridgehead atoms. The molecular weight excluding hydrogens is 1180 g/mol. The summed E-state index contributed by atoms with van der Waals surface area (Å²) in [5.74, 6) is -1.01. The van der Waals surface area contributed by atoms with E-state index in [0.717, 1.165) is 25.7 Å². The van der Waals surface area contributed by atoms with E-state index in [9.17, 15) is 43.2 Å². The van der Waals surface area contributed by atoms with Gasteiger partial charge in [-0.2, -0.15) is 0 Å². The van der Waals surface area contributed by atoms with Crippen molar-refractivity contribution in [2.75, 3.05) is 198 Å². The number of carbonyl (C=O) groups excluding carboxylic acids is 9. The van der Waals surface area contributed by atoms with Crippen molar-refractivity contribution in [3.8, 4) is 0 Å². The molecule has 0 spiro atoms. The van der Waals surface area contributed by atoms with Gasteiger partial charge in [-0.15, -0.1) is 11.8 Å². The minimum Gasteiger partial charge on any atom is -0.379 e. The van der Waals surface area contributed by atoms with Gasteiger partial charge in [-0.3, -0.25) is 48.1 Å². The second-order valence-corrected chi connectivity index (χ2v) is 22.1. The van der Waals surface area contributed by atoms with Crippen molar-refractivity contribution in [3.05, 3.63) is 0 Å². The molecule has 1 saturated heterocycles. The Morgan fingerprint density at radius 3 is 1.40 bits per heavy atom. The number of likely N-dealkylation sites (tertiary alicyclic amines) is 1. The molecule has 0 radical (unpaired) electrons. The highest BCUT2D eigenvalue weighted by Gasteiger charge is 2.38. The molecule has 3 atom stereocenters. The average molecular weight is 1300 g/mol. The smallest absolute Gasteiger partial charge is 0.242 e. The molecule has 27 nitrogen and oxygen atoms in total. The van der Waals surface area contributed by atoms with E-state index in [-0.39, 0.29) is 92.0 Å². The summed E-state index contributed by atoms with van der Waals surface area (Å²) in [6, 6.07) is -1.38. The lowest BCUT2D eigenvalue weighted by atomic mass is 10.1. The minimum atomic E-state index is -0.905. The third-order valence-corrected chi connectivity index (χ3v) is 14.5. The van der Waals surface area contributed by atoms with Gasteiger partial charge in [-0.05, 0) is 77.6 Å². The van der Waals surface area contributed by atoms with Gasteiger partial charge >= 0.3 is 0 Å². The van der Waals surface area contributed by atoms with Crippen molar-refractivity contribution in [1.29, 1.82) is 0 Å². The first-order chi connectivity index (χ1) is 43.3. The summed E-state index contributed by atoms with van der Waals surface area (Å²) in [5.41, 5.74) is 0. The second-order valence-electron chi connectivity index (χ2n) is 20.8. The van der Waals surface area contributed by atoms with Crippen molar-refractivity contribution >= 4 is 64.6 Å². The van der Waals surface area contributed by atoms with Crippen molar-refractivity contribution in [2.24, 2.45) is 0 Å². The van der Waals surface area contributed by atoms with E-state index in [0.29, 0.717) is 222 Å². The molecule has 1 aliphatic rings. The Bertz CT molecular complexity index is 1880. The van der Waals surface area contributed by atoms with Crippen LogP contribution in [0.25, 0.3) is 0 Å². The summed E-state index contributed by atoms with van der Waals surface area (Å²) in [7, 11) is 3.26. The highest BCUT2D eigenvalue weighted by Crippen LogP contribution is 2.26. The molecule has 1 aliphatic heterocycles. The van der Waals surface area contributed by atoms with E-state index in [1.165, 1.54) is 30.6 Å². The van der Waals surface area contributed by atoms with Crippen molar-refractivity contribution in [1.82, 2.24) is 31.5 Å². The Hall–Kier alpha value is -4.14. The van der Waals surface area contributed by atoms with Gasteiger partial charge in [0, 0.05) is 78.1 Å². The molecule has 1 rings (SSSR count). The molecule has 0 aromatic carbocycles. The van der Waals surface area contributed by atoms with Crippen LogP contribution < -0.4 is 26.6 Å². The number of Topliss-reactive ketones (excluding diaryl/α,β-unsaturated/α-hetero) is 3. The van der Waals surface area contributed by atoms with E-state index < -0.39 is 23.2 Å². The number of unbranched alkanes of at least 4 members (excludes halogenated alkanes) is 3. The van der Waals surface area contributed by atoms with Crippen molar-refractivity contribution in [2.45, 2.75) is 140 Å². The van der Waals surface area contributed by atoms with Gasteiger partial charge in [0.15, 0.2) is 5.78 Å². The lowest BCUT2D eigenvalue weighted by molar-refractivity contribution is -0.138. The quantitative estimate of drug-likeness (QED) is 0.0430. The van der Waals surface area contributed by atoms with Crippen LogP contribution in [0.15, 0.2) is 0 Å². The third kappa shape index (κ3) is 50.1. The van der Waals surface area contributed by atoms with Gasteiger partial charge in [0.25, 0.3) is 0 Å². The first kappa shape index (κ1) is 82.9. The number of hydrogen-bond acceptors (Lipinski definition) is 23. The van der Waals surface area contributed by atoms with E-state index in [1.54, 1.807) is 7.05 Å². The SMILES string of the molecule is CCCC(=O)N[C@@H](CCCCNC(=O)CCOCCOCCOCCOCCOCCOCCOCCOCCOCCOCCOCCOCCCC(=O)CCN1C(=O)CC(SCCCCCC(=O)N[C@@H](CC(=O)CCCNC)C(=O)NC)C1=O)C(C)=O. The number of amides is 6. The summed E-state index contributed by atoms with van der Waals surface area (Å²) in [5, 5.41) is 13.3. The van der Waals surface area contributed by atoms with E-state index in [2.05, 4.69) is 26.6 Å². The fraction of sp³-hybridized carbons (Fsp3) is 0.852. The van der Waals surface area contributed by atoms with Gasteiger partial charge < -0.3 is 83.4 Å². The number of thioether (sulfide) groups is 1. The molecule has 0 aromatic heterocycles. The van der Waals surface area contributed by atoms with Gasteiger partial charge in [0.05, 0.1) is 163 Å². The maximum Gasteiger partial charge on any atom is 0.242 e. The van der Waals surface area contributed by atoms with Crippen LogP contribution in [0.2, 0.25) is 0 Å². The number of hydrogen-bond donors (Lipinski definition) is 5. The molecule has 0 aliphatic carbocycles. The standard InChI is InChI=1S/C61H110N6O21S/c1-5-13-57(72)65-53(50(2)68)16-8-9-21-64-56(71)19-24-78-26-28-80-30-32-82-34-36-84-38-40-86-42-44-88-46-45-87-43-41-85-39-37-83-35-33-81-31-29-79-27-25-77-23-12-15-51(69)18-22-67-59(74)49-55(61(67)76)89-47-10-6-7-17-58(73)66-54(60(75)63-4)48-52(70)14-11-20-62-3/h53-55,62H,5-49H2,1-4H3,(H,63,75)(H,64,71)(H,65,72)(H,66,73)/t53-,54-,55?/m0/s1. The summed E-state index contributed by atoms with van der Waals surface area (Å²) >= 11 is 1.41. The maximum atomic E-state index is 12.9. The predicted octanol–water partition coefficient (Wildman–Crippen LogP) is 2.09. The van der Waals surface area contributed by atoms with E-state index in [1.807, 2.05) is 6.92 Å². The molecule has 0 aromatic rings. The zero-order valence-electron chi connectivity index (χ0n) is 54.0. The summed E-state index contributed by atoms with van der Waals surface area (Å²) < 4.78 is 66.2. The van der Waals surface area contributed by atoms with Gasteiger partial charge in [0.1, 0.15) is 17.6 Å². The highest BCUT2D eigenvalue weighted by molar-refractivity contribution is 8.00. The molecule has 1 unspecified atom stereocenters. The predicted molar refractivity (Wildman–Crippen MR) is 333 cm³/mol. The second kappa shape index (κ2) is 60.1. The number of nitrogens with zero attached hydrogens (tertiary/aromatic N) is 1. The molecule has 1 fully saturated rings. The highest BCUT2D eigenvalue weighted by atomic mass is 32.2. The topological polar surface area (TPSA) is 328 Å².